The van der Waals surface area contributed by atoms with Crippen molar-refractivity contribution in [3.05, 3.63) is 0 Å². The van der Waals surface area contributed by atoms with Crippen molar-refractivity contribution in [1.82, 2.24) is 0 Å². The van der Waals surface area contributed by atoms with Crippen LogP contribution in [0.2, 0.25) is 0 Å². The van der Waals surface area contributed by atoms with Crippen LogP contribution in [0.5, 0.6) is 0 Å². The zero-order valence-electron chi connectivity index (χ0n) is 21.7. The van der Waals surface area contributed by atoms with E-state index in [1.165, 1.54) is 38.5 Å². The molecule has 0 bridgehead atoms. The molecule has 4 rings (SSSR count). The molecule has 0 heterocycles. The van der Waals surface area contributed by atoms with Gasteiger partial charge >= 0.3 is 0 Å². The lowest BCUT2D eigenvalue weighted by atomic mass is 9.52. The van der Waals surface area contributed by atoms with E-state index in [9.17, 15) is 0 Å². The fourth-order valence-electron chi connectivity index (χ4n) is 8.93. The molecule has 0 aromatic rings. The molecule has 0 aromatic heterocycles. The maximum absolute atomic E-state index is 3.48. The van der Waals surface area contributed by atoms with E-state index < -0.39 is 0 Å². The molecule has 4 aliphatic rings. The van der Waals surface area contributed by atoms with Gasteiger partial charge in [-0.3, -0.25) is 0 Å². The summed E-state index contributed by atoms with van der Waals surface area (Å²) in [6.07, 6.45) is 10.6. The molecule has 28 atom stereocenters. The molecule has 0 saturated heterocycles. The third-order valence-corrected chi connectivity index (χ3v) is 70.3. The fraction of sp³-hybridized carbons (Fsp3) is 1.00. The Morgan fingerprint density at radius 1 is 0.737 bits per heavy atom. The van der Waals surface area contributed by atoms with Crippen LogP contribution in [0, 0.1) is 23.7 Å². The molecule has 0 N–H and O–H groups in total. The summed E-state index contributed by atoms with van der Waals surface area (Å²) < 4.78 is 0. The first kappa shape index (κ1) is 39.8. The van der Waals surface area contributed by atoms with E-state index in [0.29, 0.717) is 10.3 Å². The minimum Gasteiger partial charge on any atom is -0.134 e. The van der Waals surface area contributed by atoms with Crippen LogP contribution in [-0.2, 0) is 0 Å². The lowest BCUT2D eigenvalue weighted by Crippen LogP contribution is -2.64. The van der Waals surface area contributed by atoms with E-state index in [-0.39, 0.29) is 43.2 Å². The van der Waals surface area contributed by atoms with Gasteiger partial charge in [-0.25, -0.2) is 0 Å². The van der Waals surface area contributed by atoms with Crippen LogP contribution < -0.4 is 0 Å². The molecule has 0 aromatic carbocycles. The Hall–Kier alpha value is 9.03. The number of hydrogen-bond donors (Lipinski definition) is 0. The summed E-state index contributed by atoms with van der Waals surface area (Å²) in [7, 11) is 43.1. The SMILES string of the molecule is PPP(P)C1CC2C(CCC3(P(P)P)C2CCC3P(P)P(P)P)C2(PP)CCC(P)C(P(PP)P(P)P)C12. The van der Waals surface area contributed by atoms with Gasteiger partial charge in [-0.15, -0.1) is 107 Å². The van der Waals surface area contributed by atoms with Gasteiger partial charge in [0.2, 0.25) is 0 Å². The van der Waals surface area contributed by atoms with Crippen LogP contribution in [0.25, 0.3) is 0 Å². The van der Waals surface area contributed by atoms with E-state index in [0.717, 1.165) is 70.5 Å². The van der Waals surface area contributed by atoms with Crippen molar-refractivity contribution in [2.75, 3.05) is 0 Å². The Morgan fingerprint density at radius 3 is 1.95 bits per heavy atom. The van der Waals surface area contributed by atoms with E-state index in [1.807, 2.05) is 0 Å². The van der Waals surface area contributed by atoms with Crippen LogP contribution >= 0.6 is 175 Å². The summed E-state index contributed by atoms with van der Waals surface area (Å²) in [6, 6.07) is 0. The number of rotatable bonds is 9. The molecule has 0 nitrogen and oxygen atoms in total. The molecule has 222 valence electrons. The third kappa shape index (κ3) is 7.62. The molecule has 0 amide bonds. The quantitative estimate of drug-likeness (QED) is 0.202. The second kappa shape index (κ2) is 17.5. The minimum absolute atomic E-state index is 0.00339. The number of fused-ring (bicyclic) bond motifs is 5. The van der Waals surface area contributed by atoms with Gasteiger partial charge in [0.25, 0.3) is 0 Å². The fourth-order valence-corrected chi connectivity index (χ4v) is 59.8. The van der Waals surface area contributed by atoms with Crippen molar-refractivity contribution in [1.29, 1.82) is 0 Å². The highest BCUT2D eigenvalue weighted by Gasteiger charge is 2.67. The van der Waals surface area contributed by atoms with Gasteiger partial charge in [0.1, 0.15) is 0 Å². The average molecular weight is 904 g/mol. The van der Waals surface area contributed by atoms with Crippen molar-refractivity contribution in [3.63, 3.8) is 0 Å². The third-order valence-electron chi connectivity index (χ3n) is 10.2. The van der Waals surface area contributed by atoms with E-state index >= 15 is 0 Å². The molecule has 0 spiro atoms. The van der Waals surface area contributed by atoms with Gasteiger partial charge in [0, 0.05) is 5.16 Å². The molecule has 0 aliphatic heterocycles. The summed E-state index contributed by atoms with van der Waals surface area (Å²) in [5.74, 6) is 3.84. The summed E-state index contributed by atoms with van der Waals surface area (Å²) in [5, 5.41) is 1.17. The topological polar surface area (TPSA) is 0 Å². The molecule has 38 heavy (non-hydrogen) atoms. The van der Waals surface area contributed by atoms with Crippen molar-refractivity contribution >= 4 is 175 Å². The lowest BCUT2D eigenvalue weighted by Gasteiger charge is -2.67. The van der Waals surface area contributed by atoms with Crippen LogP contribution in [-0.4, -0.2) is 32.9 Å². The van der Waals surface area contributed by atoms with Gasteiger partial charge in [-0.1, -0.05) is 46.1 Å². The van der Waals surface area contributed by atoms with E-state index in [4.69, 9.17) is 0 Å². The summed E-state index contributed by atoms with van der Waals surface area (Å²) >= 11 is 0. The molecule has 28 unspecified atom stereocenters. The smallest absolute Gasteiger partial charge is 0.00780 e. The maximum atomic E-state index is 3.48. The standard InChI is InChI=1S/C17H49P21/c18-11-4-5-16(30-19)9-3-6-17(36(24)25)10(1-2-13(17)34(23)37(26)27)8(9)7-12(33(22)31-20)14(16)15(11)35(32-21)38(28)29/h8-15,30-32H,1-7,18-29H2. The molecule has 4 aliphatic carbocycles. The van der Waals surface area contributed by atoms with E-state index in [2.05, 4.69) is 107 Å². The maximum Gasteiger partial charge on any atom is 0.00780 e. The zero-order chi connectivity index (χ0) is 28.2. The predicted octanol–water partition coefficient (Wildman–Crippen LogP) is 13.3. The van der Waals surface area contributed by atoms with Crippen LogP contribution in [0.15, 0.2) is 0 Å². The lowest BCUT2D eigenvalue weighted by molar-refractivity contribution is 0.0159. The zero-order valence-corrected chi connectivity index (χ0v) is 43.9. The van der Waals surface area contributed by atoms with Gasteiger partial charge in [-0.05, 0) is 118 Å². The number of hydrogen-bond acceptors (Lipinski definition) is 0. The predicted molar refractivity (Wildman–Crippen MR) is 250 cm³/mol. The molecular formula is C17H49P21. The molecular weight excluding hydrogens is 855 g/mol. The van der Waals surface area contributed by atoms with Crippen LogP contribution in [0.3, 0.4) is 0 Å². The highest BCUT2D eigenvalue weighted by Crippen LogP contribution is 2.95. The first-order valence-electron chi connectivity index (χ1n) is 12.8. The highest BCUT2D eigenvalue weighted by atomic mass is 32.9. The summed E-state index contributed by atoms with van der Waals surface area (Å²) in [5.41, 5.74) is 3.65. The second-order valence-corrected chi connectivity index (χ2v) is 64.6. The molecule has 4 fully saturated rings. The van der Waals surface area contributed by atoms with Gasteiger partial charge in [0.15, 0.2) is 0 Å². The van der Waals surface area contributed by atoms with Crippen LogP contribution in [0.1, 0.15) is 44.9 Å². The van der Waals surface area contributed by atoms with Crippen molar-refractivity contribution in [2.24, 2.45) is 23.7 Å². The summed E-state index contributed by atoms with van der Waals surface area (Å²) in [4.78, 5) is 0. The first-order chi connectivity index (χ1) is 17.9. The Kier molecular flexibility index (Phi) is 18.3. The Morgan fingerprint density at radius 2 is 1.42 bits per heavy atom. The molecule has 21 heteroatoms. The second-order valence-electron chi connectivity index (χ2n) is 11.3. The van der Waals surface area contributed by atoms with Gasteiger partial charge in [0.05, 0.1) is 0 Å². The molecule has 4 saturated carbocycles. The van der Waals surface area contributed by atoms with Gasteiger partial charge < -0.3 is 0 Å². The average Bonchev–Trinajstić information content (AvgIpc) is 3.29. The minimum atomic E-state index is -0.101. The van der Waals surface area contributed by atoms with Gasteiger partial charge in [-0.2, -0.15) is 0 Å². The largest absolute Gasteiger partial charge is 0.134 e. The Labute approximate surface area is 274 Å². The first-order valence-corrected chi connectivity index (χ1v) is 46.2. The normalized spacial score (nSPS) is 46.5. The Balaban J connectivity index is 1.82. The van der Waals surface area contributed by atoms with Crippen molar-refractivity contribution < 1.29 is 0 Å². The van der Waals surface area contributed by atoms with Crippen molar-refractivity contribution in [3.8, 4) is 0 Å². The van der Waals surface area contributed by atoms with E-state index in [1.54, 1.807) is 6.42 Å². The van der Waals surface area contributed by atoms with Crippen molar-refractivity contribution in [2.45, 2.75) is 77.9 Å². The molecule has 0 radical (unpaired) electrons. The Bertz CT molecular complexity index is 800. The van der Waals surface area contributed by atoms with Crippen LogP contribution in [0.4, 0.5) is 0 Å². The highest BCUT2D eigenvalue weighted by molar-refractivity contribution is 8.87. The summed E-state index contributed by atoms with van der Waals surface area (Å²) in [6.45, 7) is -0.0253. The monoisotopic (exact) mass is 904 g/mol.